The number of allylic oxidation sites excluding steroid dienone is 3. The van der Waals surface area contributed by atoms with Gasteiger partial charge in [0, 0.05) is 32.2 Å². The Kier molecular flexibility index (Phi) is 6.01. The first kappa shape index (κ1) is 19.6. The SMILES string of the molecule is C/C1=C/C(=O)O[C@@H]2CC(CCC/C=C\CC1)O[C@@](O)(c1cn(C)c(=O)[nH]1)C2. The third kappa shape index (κ3) is 4.99. The minimum absolute atomic E-state index is 0.0853. The third-order valence-corrected chi connectivity index (χ3v) is 5.11. The molecule has 0 saturated carbocycles. The van der Waals surface area contributed by atoms with E-state index < -0.39 is 17.9 Å². The molecule has 2 aliphatic rings. The number of H-pyrrole nitrogens is 1. The Morgan fingerprint density at radius 1 is 1.26 bits per heavy atom. The summed E-state index contributed by atoms with van der Waals surface area (Å²) in [7, 11) is 1.60. The van der Waals surface area contributed by atoms with Crippen molar-refractivity contribution in [2.24, 2.45) is 7.05 Å². The standard InChI is InChI=1S/C20H28N2O5/c1-14-8-6-4-3-5-7-9-15-11-16(26-18(23)10-14)12-20(25,27-15)17-13-22(2)19(24)21-17/h3-4,10,13,15-16,25H,5-9,11-12H2,1-2H3,(H,21,24)/b4-3-,14-10-/t15?,16-,20-/m1/s1. The van der Waals surface area contributed by atoms with E-state index >= 15 is 0 Å². The number of ether oxygens (including phenoxy) is 2. The second-order valence-corrected chi connectivity index (χ2v) is 7.54. The zero-order valence-electron chi connectivity index (χ0n) is 15.9. The average Bonchev–Trinajstić information content (AvgIpc) is 2.92. The smallest absolute Gasteiger partial charge is 0.330 e. The van der Waals surface area contributed by atoms with Gasteiger partial charge in [0.15, 0.2) is 0 Å². The minimum Gasteiger partial charge on any atom is -0.459 e. The molecule has 0 radical (unpaired) electrons. The van der Waals surface area contributed by atoms with E-state index in [1.54, 1.807) is 7.05 Å². The molecule has 2 N–H and O–H groups in total. The van der Waals surface area contributed by atoms with Crippen molar-refractivity contribution in [3.05, 3.63) is 46.2 Å². The molecule has 1 fully saturated rings. The van der Waals surface area contributed by atoms with Crippen LogP contribution < -0.4 is 5.69 Å². The molecule has 0 amide bonds. The molecule has 0 spiro atoms. The van der Waals surface area contributed by atoms with Crippen molar-refractivity contribution in [2.75, 3.05) is 0 Å². The Labute approximate surface area is 158 Å². The molecule has 7 nitrogen and oxygen atoms in total. The first-order valence-electron chi connectivity index (χ1n) is 9.55. The maximum atomic E-state index is 12.3. The lowest BCUT2D eigenvalue weighted by atomic mass is 9.93. The van der Waals surface area contributed by atoms with Crippen LogP contribution in [0, 0.1) is 0 Å². The molecule has 1 saturated heterocycles. The van der Waals surface area contributed by atoms with Crippen molar-refractivity contribution in [2.45, 2.75) is 69.9 Å². The summed E-state index contributed by atoms with van der Waals surface area (Å²) in [6.07, 6.45) is 11.5. The first-order chi connectivity index (χ1) is 12.9. The van der Waals surface area contributed by atoms with Gasteiger partial charge in [-0.15, -0.1) is 0 Å². The summed E-state index contributed by atoms with van der Waals surface area (Å²) in [5, 5.41) is 11.1. The number of aromatic nitrogens is 2. The monoisotopic (exact) mass is 376 g/mol. The number of carbonyl (C=O) groups excluding carboxylic acids is 1. The summed E-state index contributed by atoms with van der Waals surface area (Å²) in [6.45, 7) is 1.92. The molecular weight excluding hydrogens is 348 g/mol. The molecule has 0 aromatic carbocycles. The highest BCUT2D eigenvalue weighted by molar-refractivity contribution is 5.82. The van der Waals surface area contributed by atoms with E-state index in [1.807, 2.05) is 6.92 Å². The van der Waals surface area contributed by atoms with Gasteiger partial charge in [-0.05, 0) is 39.0 Å². The minimum atomic E-state index is -1.68. The lowest BCUT2D eigenvalue weighted by molar-refractivity contribution is -0.285. The molecule has 148 valence electrons. The molecule has 7 heteroatoms. The van der Waals surface area contributed by atoms with Crippen LogP contribution in [-0.2, 0) is 27.1 Å². The van der Waals surface area contributed by atoms with Crippen molar-refractivity contribution >= 4 is 5.97 Å². The van der Waals surface area contributed by atoms with Crippen LogP contribution in [0.3, 0.4) is 0 Å². The molecule has 1 aromatic rings. The number of aliphatic hydroxyl groups is 1. The second-order valence-electron chi connectivity index (χ2n) is 7.54. The zero-order chi connectivity index (χ0) is 19.4. The Bertz CT molecular complexity index is 791. The van der Waals surface area contributed by atoms with Crippen LogP contribution in [0.1, 0.15) is 57.6 Å². The molecule has 27 heavy (non-hydrogen) atoms. The Morgan fingerprint density at radius 2 is 2.04 bits per heavy atom. The molecular formula is C20H28N2O5. The molecule has 3 atom stereocenters. The number of aromatic amines is 1. The maximum Gasteiger partial charge on any atom is 0.330 e. The number of aryl methyl sites for hydroxylation is 1. The highest BCUT2D eigenvalue weighted by atomic mass is 16.6. The normalized spacial score (nSPS) is 33.4. The molecule has 3 heterocycles. The fraction of sp³-hybridized carbons (Fsp3) is 0.600. The van der Waals surface area contributed by atoms with Crippen molar-refractivity contribution in [1.29, 1.82) is 0 Å². The van der Waals surface area contributed by atoms with E-state index in [2.05, 4.69) is 17.1 Å². The Morgan fingerprint density at radius 3 is 2.78 bits per heavy atom. The number of imidazole rings is 1. The summed E-state index contributed by atoms with van der Waals surface area (Å²) in [6, 6.07) is 0. The summed E-state index contributed by atoms with van der Waals surface area (Å²) in [4.78, 5) is 26.7. The van der Waals surface area contributed by atoms with Crippen molar-refractivity contribution in [1.82, 2.24) is 9.55 Å². The number of carbonyl (C=O) groups is 1. The van der Waals surface area contributed by atoms with Gasteiger partial charge in [-0.1, -0.05) is 17.7 Å². The molecule has 0 aliphatic carbocycles. The summed E-state index contributed by atoms with van der Waals surface area (Å²) >= 11 is 0. The summed E-state index contributed by atoms with van der Waals surface area (Å²) < 4.78 is 12.9. The molecule has 1 unspecified atom stereocenters. The lowest BCUT2D eigenvalue weighted by Crippen LogP contribution is -2.45. The molecule has 3 rings (SSSR count). The van der Waals surface area contributed by atoms with Crippen molar-refractivity contribution in [3.63, 3.8) is 0 Å². The van der Waals surface area contributed by atoms with E-state index in [1.165, 1.54) is 16.8 Å². The first-order valence-corrected chi connectivity index (χ1v) is 9.55. The molecule has 2 aliphatic heterocycles. The van der Waals surface area contributed by atoms with Crippen LogP contribution in [0.2, 0.25) is 0 Å². The van der Waals surface area contributed by atoms with Crippen LogP contribution in [-0.4, -0.2) is 32.8 Å². The van der Waals surface area contributed by atoms with E-state index in [0.29, 0.717) is 6.42 Å². The van der Waals surface area contributed by atoms with Gasteiger partial charge in [-0.3, -0.25) is 0 Å². The van der Waals surface area contributed by atoms with Crippen molar-refractivity contribution < 1.29 is 19.4 Å². The number of nitrogens with zero attached hydrogens (tertiary/aromatic N) is 1. The Hall–Kier alpha value is -2.12. The van der Waals surface area contributed by atoms with E-state index in [0.717, 1.165) is 37.7 Å². The summed E-state index contributed by atoms with van der Waals surface area (Å²) in [5.74, 6) is -2.08. The number of nitrogens with one attached hydrogen (secondary N) is 1. The zero-order valence-corrected chi connectivity index (χ0v) is 15.9. The largest absolute Gasteiger partial charge is 0.459 e. The highest BCUT2D eigenvalue weighted by Gasteiger charge is 2.44. The number of rotatable bonds is 1. The Balaban J connectivity index is 1.84. The summed E-state index contributed by atoms with van der Waals surface area (Å²) in [5.41, 5.74) is 0.921. The number of esters is 1. The molecule has 1 aromatic heterocycles. The predicted molar refractivity (Wildman–Crippen MR) is 99.9 cm³/mol. The highest BCUT2D eigenvalue weighted by Crippen LogP contribution is 2.37. The fourth-order valence-electron chi connectivity index (χ4n) is 3.67. The van der Waals surface area contributed by atoms with Crippen LogP contribution in [0.15, 0.2) is 34.8 Å². The quantitative estimate of drug-likeness (QED) is 0.580. The molecule has 2 bridgehead atoms. The average molecular weight is 376 g/mol. The van der Waals surface area contributed by atoms with Gasteiger partial charge in [0.05, 0.1) is 11.8 Å². The second kappa shape index (κ2) is 8.27. The van der Waals surface area contributed by atoms with Crippen LogP contribution >= 0.6 is 0 Å². The van der Waals surface area contributed by atoms with Gasteiger partial charge >= 0.3 is 11.7 Å². The predicted octanol–water partition coefficient (Wildman–Crippen LogP) is 2.42. The van der Waals surface area contributed by atoms with E-state index in [-0.39, 0.29) is 23.9 Å². The topological polar surface area (TPSA) is 93.6 Å². The van der Waals surface area contributed by atoms with E-state index in [4.69, 9.17) is 9.47 Å². The van der Waals surface area contributed by atoms with Gasteiger partial charge in [0.25, 0.3) is 0 Å². The fourth-order valence-corrected chi connectivity index (χ4v) is 3.67. The van der Waals surface area contributed by atoms with Crippen molar-refractivity contribution in [3.8, 4) is 0 Å². The van der Waals surface area contributed by atoms with Crippen LogP contribution in [0.25, 0.3) is 0 Å². The van der Waals surface area contributed by atoms with Gasteiger partial charge in [-0.25, -0.2) is 9.59 Å². The van der Waals surface area contributed by atoms with E-state index in [9.17, 15) is 14.7 Å². The van der Waals surface area contributed by atoms with Crippen LogP contribution in [0.4, 0.5) is 0 Å². The van der Waals surface area contributed by atoms with Gasteiger partial charge in [0.2, 0.25) is 5.79 Å². The number of fused-ring (bicyclic) bond motifs is 2. The number of hydrogen-bond acceptors (Lipinski definition) is 5. The number of hydrogen-bond donors (Lipinski definition) is 2. The maximum absolute atomic E-state index is 12.3. The lowest BCUT2D eigenvalue weighted by Gasteiger charge is -2.40. The van der Waals surface area contributed by atoms with Gasteiger partial charge in [-0.2, -0.15) is 0 Å². The van der Waals surface area contributed by atoms with Crippen LogP contribution in [0.5, 0.6) is 0 Å². The van der Waals surface area contributed by atoms with Gasteiger partial charge < -0.3 is 24.1 Å². The third-order valence-electron chi connectivity index (χ3n) is 5.11. The van der Waals surface area contributed by atoms with Gasteiger partial charge in [0.1, 0.15) is 6.10 Å².